The summed E-state index contributed by atoms with van der Waals surface area (Å²) in [6.45, 7) is 4.94. The maximum Gasteiger partial charge on any atom is 0.274 e. The molecule has 1 saturated heterocycles. The zero-order chi connectivity index (χ0) is 18.4. The normalized spacial score (nSPS) is 17.3. The fourth-order valence-electron chi connectivity index (χ4n) is 3.36. The number of guanidine groups is 1. The molecule has 0 spiro atoms. The highest BCUT2D eigenvalue weighted by Crippen LogP contribution is 2.27. The predicted octanol–water partition coefficient (Wildman–Crippen LogP) is 3.55. The average molecular weight is 352 g/mol. The molecule has 1 N–H and O–H groups in total. The van der Waals surface area contributed by atoms with Crippen molar-refractivity contribution in [1.29, 1.82) is 0 Å². The average Bonchev–Trinajstić information content (AvgIpc) is 3.16. The molecule has 0 amide bonds. The second-order valence-electron chi connectivity index (χ2n) is 6.40. The Morgan fingerprint density at radius 1 is 1.23 bits per heavy atom. The van der Waals surface area contributed by atoms with Gasteiger partial charge in [-0.1, -0.05) is 48.5 Å². The molecule has 1 atom stereocenters. The number of nitro benzene ring substituents is 1. The number of rotatable bonds is 5. The molecule has 6 nitrogen and oxygen atoms in total. The van der Waals surface area contributed by atoms with E-state index in [0.29, 0.717) is 18.0 Å². The van der Waals surface area contributed by atoms with Crippen LogP contribution in [0.5, 0.6) is 0 Å². The molecule has 2 aromatic carbocycles. The van der Waals surface area contributed by atoms with Gasteiger partial charge in [-0.05, 0) is 18.9 Å². The lowest BCUT2D eigenvalue weighted by molar-refractivity contribution is -0.385. The molecular weight excluding hydrogens is 328 g/mol. The maximum absolute atomic E-state index is 11.2. The fraction of sp³-hybridized carbons (Fsp3) is 0.350. The van der Waals surface area contributed by atoms with Gasteiger partial charge in [-0.2, -0.15) is 0 Å². The number of aliphatic imine (C=N–C) groups is 1. The highest BCUT2D eigenvalue weighted by atomic mass is 16.6. The number of benzene rings is 2. The third-order valence-corrected chi connectivity index (χ3v) is 4.68. The number of hydrogen-bond donors (Lipinski definition) is 1. The van der Waals surface area contributed by atoms with Crippen LogP contribution in [0.15, 0.2) is 59.6 Å². The van der Waals surface area contributed by atoms with Crippen LogP contribution in [0.2, 0.25) is 0 Å². The van der Waals surface area contributed by atoms with Crippen molar-refractivity contribution in [2.75, 3.05) is 19.6 Å². The smallest absolute Gasteiger partial charge is 0.274 e. The number of para-hydroxylation sites is 1. The first-order valence-electron chi connectivity index (χ1n) is 8.99. The van der Waals surface area contributed by atoms with E-state index >= 15 is 0 Å². The van der Waals surface area contributed by atoms with Crippen LogP contribution in [0, 0.1) is 10.1 Å². The van der Waals surface area contributed by atoms with Crippen LogP contribution < -0.4 is 5.32 Å². The molecule has 0 bridgehead atoms. The van der Waals surface area contributed by atoms with Gasteiger partial charge in [0.2, 0.25) is 0 Å². The number of nitrogens with zero attached hydrogens (tertiary/aromatic N) is 3. The van der Waals surface area contributed by atoms with Crippen LogP contribution in [0.3, 0.4) is 0 Å². The molecule has 0 saturated carbocycles. The highest BCUT2D eigenvalue weighted by molar-refractivity contribution is 5.80. The zero-order valence-corrected chi connectivity index (χ0v) is 15.0. The lowest BCUT2D eigenvalue weighted by Crippen LogP contribution is -2.40. The molecule has 26 heavy (non-hydrogen) atoms. The van der Waals surface area contributed by atoms with Crippen LogP contribution >= 0.6 is 0 Å². The Morgan fingerprint density at radius 2 is 1.96 bits per heavy atom. The minimum atomic E-state index is -0.348. The van der Waals surface area contributed by atoms with Crippen molar-refractivity contribution in [2.24, 2.45) is 4.99 Å². The van der Waals surface area contributed by atoms with Gasteiger partial charge in [0, 0.05) is 31.6 Å². The van der Waals surface area contributed by atoms with E-state index in [0.717, 1.165) is 32.0 Å². The lowest BCUT2D eigenvalue weighted by Gasteiger charge is -2.21. The molecule has 6 heteroatoms. The number of nitrogens with one attached hydrogen (secondary N) is 1. The summed E-state index contributed by atoms with van der Waals surface area (Å²) in [7, 11) is 0. The summed E-state index contributed by atoms with van der Waals surface area (Å²) in [5.41, 5.74) is 2.10. The van der Waals surface area contributed by atoms with Crippen molar-refractivity contribution in [3.8, 4) is 0 Å². The van der Waals surface area contributed by atoms with E-state index in [1.807, 2.05) is 19.1 Å². The minimum Gasteiger partial charge on any atom is -0.357 e. The van der Waals surface area contributed by atoms with E-state index in [4.69, 9.17) is 0 Å². The molecule has 0 aromatic heterocycles. The first-order chi connectivity index (χ1) is 12.7. The van der Waals surface area contributed by atoms with Crippen molar-refractivity contribution >= 4 is 11.6 Å². The summed E-state index contributed by atoms with van der Waals surface area (Å²) in [4.78, 5) is 17.7. The molecule has 1 aliphatic rings. The van der Waals surface area contributed by atoms with Gasteiger partial charge < -0.3 is 10.2 Å². The van der Waals surface area contributed by atoms with Crippen molar-refractivity contribution < 1.29 is 4.92 Å². The van der Waals surface area contributed by atoms with E-state index in [2.05, 4.69) is 39.5 Å². The van der Waals surface area contributed by atoms with Crippen LogP contribution in [0.4, 0.5) is 5.69 Å². The van der Waals surface area contributed by atoms with Crippen molar-refractivity contribution in [3.63, 3.8) is 0 Å². The maximum atomic E-state index is 11.2. The predicted molar refractivity (Wildman–Crippen MR) is 103 cm³/mol. The van der Waals surface area contributed by atoms with Gasteiger partial charge >= 0.3 is 0 Å². The summed E-state index contributed by atoms with van der Waals surface area (Å²) >= 11 is 0. The van der Waals surface area contributed by atoms with E-state index < -0.39 is 0 Å². The SMILES string of the molecule is CCNC(=NCc1ccccc1[N+](=O)[O-])N1CCC(c2ccccc2)C1. The Bertz CT molecular complexity index is 776. The van der Waals surface area contributed by atoms with E-state index in [1.54, 1.807) is 12.1 Å². The molecule has 2 aromatic rings. The molecule has 1 fully saturated rings. The Morgan fingerprint density at radius 3 is 2.69 bits per heavy atom. The summed E-state index contributed by atoms with van der Waals surface area (Å²) in [5.74, 6) is 1.31. The van der Waals surface area contributed by atoms with Gasteiger partial charge in [0.15, 0.2) is 5.96 Å². The van der Waals surface area contributed by atoms with Crippen molar-refractivity contribution in [1.82, 2.24) is 10.2 Å². The second-order valence-corrected chi connectivity index (χ2v) is 6.40. The fourth-order valence-corrected chi connectivity index (χ4v) is 3.36. The van der Waals surface area contributed by atoms with Crippen LogP contribution in [0.1, 0.15) is 30.4 Å². The summed E-state index contributed by atoms with van der Waals surface area (Å²) in [6, 6.07) is 17.3. The third-order valence-electron chi connectivity index (χ3n) is 4.68. The topological polar surface area (TPSA) is 70.8 Å². The number of likely N-dealkylation sites (tertiary alicyclic amines) is 1. The Labute approximate surface area is 153 Å². The van der Waals surface area contributed by atoms with Gasteiger partial charge in [0.05, 0.1) is 17.0 Å². The minimum absolute atomic E-state index is 0.121. The van der Waals surface area contributed by atoms with Gasteiger partial charge in [0.25, 0.3) is 5.69 Å². The van der Waals surface area contributed by atoms with Crippen LogP contribution in [-0.4, -0.2) is 35.4 Å². The highest BCUT2D eigenvalue weighted by Gasteiger charge is 2.26. The number of nitro groups is 1. The largest absolute Gasteiger partial charge is 0.357 e. The summed E-state index contributed by atoms with van der Waals surface area (Å²) < 4.78 is 0. The quantitative estimate of drug-likeness (QED) is 0.387. The van der Waals surface area contributed by atoms with E-state index in [9.17, 15) is 10.1 Å². The summed E-state index contributed by atoms with van der Waals surface area (Å²) in [6.07, 6.45) is 1.08. The lowest BCUT2D eigenvalue weighted by atomic mass is 9.99. The number of hydrogen-bond acceptors (Lipinski definition) is 3. The standard InChI is InChI=1S/C20H24N4O2/c1-2-21-20(22-14-17-10-6-7-11-19(17)24(25)26)23-13-12-18(15-23)16-8-4-3-5-9-16/h3-11,18H,2,12-15H2,1H3,(H,21,22). The molecule has 1 heterocycles. The van der Waals surface area contributed by atoms with Gasteiger partial charge in [0.1, 0.15) is 0 Å². The Hall–Kier alpha value is -2.89. The Kier molecular flexibility index (Phi) is 5.84. The van der Waals surface area contributed by atoms with Gasteiger partial charge in [-0.25, -0.2) is 4.99 Å². The molecule has 1 aliphatic heterocycles. The monoisotopic (exact) mass is 352 g/mol. The van der Waals surface area contributed by atoms with E-state index in [1.165, 1.54) is 11.6 Å². The van der Waals surface area contributed by atoms with Crippen LogP contribution in [0.25, 0.3) is 0 Å². The zero-order valence-electron chi connectivity index (χ0n) is 15.0. The van der Waals surface area contributed by atoms with Gasteiger partial charge in [-0.3, -0.25) is 10.1 Å². The molecule has 136 valence electrons. The molecule has 1 unspecified atom stereocenters. The Balaban J connectivity index is 1.73. The van der Waals surface area contributed by atoms with Crippen molar-refractivity contribution in [3.05, 3.63) is 75.8 Å². The second kappa shape index (κ2) is 8.47. The first kappa shape index (κ1) is 17.9. The third kappa shape index (κ3) is 4.20. The molecule has 0 radical (unpaired) electrons. The summed E-state index contributed by atoms with van der Waals surface area (Å²) in [5, 5.41) is 14.5. The van der Waals surface area contributed by atoms with E-state index in [-0.39, 0.29) is 10.6 Å². The van der Waals surface area contributed by atoms with Crippen LogP contribution in [-0.2, 0) is 6.54 Å². The molecule has 0 aliphatic carbocycles. The first-order valence-corrected chi connectivity index (χ1v) is 8.99. The van der Waals surface area contributed by atoms with Crippen molar-refractivity contribution in [2.45, 2.75) is 25.8 Å². The van der Waals surface area contributed by atoms with Gasteiger partial charge in [-0.15, -0.1) is 0 Å². The molecule has 3 rings (SSSR count). The molecular formula is C20H24N4O2.